The van der Waals surface area contributed by atoms with Crippen LogP contribution in [0.5, 0.6) is 11.5 Å². The molecular weight excluding hydrogens is 1040 g/mol. The third-order valence-corrected chi connectivity index (χ3v) is 14.5. The van der Waals surface area contributed by atoms with Gasteiger partial charge in [0.25, 0.3) is 0 Å². The number of carbonyl (C=O) groups excluding carboxylic acids is 3. The number of aliphatic imine (C=N–C) groups is 1. The summed E-state index contributed by atoms with van der Waals surface area (Å²) in [5.41, 5.74) is 3.20. The molecule has 4 heterocycles. The van der Waals surface area contributed by atoms with E-state index in [9.17, 15) is 59.7 Å². The van der Waals surface area contributed by atoms with E-state index in [2.05, 4.69) is 25.9 Å². The van der Waals surface area contributed by atoms with Gasteiger partial charge >= 0.3 is 11.9 Å². The number of nitrogens with zero attached hydrogens (tertiary/aromatic N) is 2. The Morgan fingerprint density at radius 3 is 2.41 bits per heavy atom. The lowest BCUT2D eigenvalue weighted by molar-refractivity contribution is -0.386. The first-order chi connectivity index (χ1) is 38.4. The highest BCUT2D eigenvalue weighted by molar-refractivity contribution is 5.98. The highest BCUT2D eigenvalue weighted by Gasteiger charge is 2.72. The molecule has 8 rings (SSSR count). The van der Waals surface area contributed by atoms with Crippen LogP contribution in [0, 0.1) is 13.8 Å². The first-order valence-electron chi connectivity index (χ1n) is 26.3. The van der Waals surface area contributed by atoms with Crippen molar-refractivity contribution >= 4 is 52.3 Å². The fourth-order valence-electron chi connectivity index (χ4n) is 10.5. The quantitative estimate of drug-likeness (QED) is 0.00971. The Kier molecular flexibility index (Phi) is 18.7. The number of nitrogens with one attached hydrogen (secondary N) is 4. The minimum absolute atomic E-state index is 0.0237. The fraction of sp³-hybridized carbons (Fsp3) is 0.429. The fourth-order valence-corrected chi connectivity index (χ4v) is 10.5. The smallest absolute Gasteiger partial charge is 0.336 e. The normalized spacial score (nSPS) is 22.3. The van der Waals surface area contributed by atoms with Gasteiger partial charge in [-0.05, 0) is 87.6 Å². The number of ether oxygens (including phenoxy) is 3. The molecule has 0 amide bonds. The number of aromatic nitrogens is 2. The summed E-state index contributed by atoms with van der Waals surface area (Å²) in [6, 6.07) is 14.1. The van der Waals surface area contributed by atoms with Gasteiger partial charge in [0.05, 0.1) is 41.4 Å². The SMILES string of the molecule is Cc1cc(C)cc(-c2c3[nH]ccc3cn2OC2C(Oc3ccc4c(=O)c(-c5ccc(O)cc5)coc4c3)OC(C(N=C(N)NC(C=O)CNC3CCCCC3)OC(=O)C(NCCC=O)C(=O)O)C(O)(CO)C2(O)C(O)CCCO)c1. The Bertz CT molecular complexity index is 3210. The zero-order valence-electron chi connectivity index (χ0n) is 44.0. The number of hydrogen-bond donors (Lipinski definition) is 12. The van der Waals surface area contributed by atoms with Gasteiger partial charge in [0.15, 0.2) is 28.7 Å². The lowest BCUT2D eigenvalue weighted by Crippen LogP contribution is -2.82. The van der Waals surface area contributed by atoms with Crippen molar-refractivity contribution < 1.29 is 78.4 Å². The molecule has 13 N–H and O–H groups in total. The predicted octanol–water partition coefficient (Wildman–Crippen LogP) is 1.82. The highest BCUT2D eigenvalue weighted by atomic mass is 16.8. The molecule has 24 nitrogen and oxygen atoms in total. The van der Waals surface area contributed by atoms with Crippen molar-refractivity contribution in [2.24, 2.45) is 10.7 Å². The van der Waals surface area contributed by atoms with Gasteiger partial charge in [-0.25, -0.2) is 14.6 Å². The molecule has 3 aromatic heterocycles. The van der Waals surface area contributed by atoms with Crippen LogP contribution in [0.15, 0.2) is 99.6 Å². The lowest BCUT2D eigenvalue weighted by atomic mass is 9.68. The van der Waals surface area contributed by atoms with E-state index in [1.807, 2.05) is 32.0 Å². The molecule has 1 saturated heterocycles. The number of aliphatic hydroxyl groups excluding tert-OH is 3. The Morgan fingerprint density at radius 2 is 1.74 bits per heavy atom. The number of carboxylic acid groups (broad SMARTS) is 1. The van der Waals surface area contributed by atoms with Crippen LogP contribution in [-0.4, -0.2) is 162 Å². The van der Waals surface area contributed by atoms with Crippen LogP contribution in [0.3, 0.4) is 0 Å². The number of aromatic amines is 1. The number of phenols is 1. The largest absolute Gasteiger partial charge is 0.508 e. The molecule has 9 atom stereocenters. The Hall–Kier alpha value is -7.68. The predicted molar refractivity (Wildman–Crippen MR) is 289 cm³/mol. The molecule has 80 heavy (non-hydrogen) atoms. The topological polar surface area (TPSA) is 372 Å². The second kappa shape index (κ2) is 25.6. The number of aliphatic carboxylic acids is 1. The Morgan fingerprint density at radius 1 is 1.00 bits per heavy atom. The van der Waals surface area contributed by atoms with Gasteiger partial charge in [-0.3, -0.25) is 10.1 Å². The zero-order chi connectivity index (χ0) is 57.3. The first kappa shape index (κ1) is 58.5. The van der Waals surface area contributed by atoms with E-state index in [1.54, 1.807) is 12.3 Å². The van der Waals surface area contributed by atoms with Gasteiger partial charge in [0.2, 0.25) is 24.7 Å². The average molecular weight is 1110 g/mol. The molecule has 2 aliphatic rings. The van der Waals surface area contributed by atoms with E-state index in [1.165, 1.54) is 59.7 Å². The summed E-state index contributed by atoms with van der Waals surface area (Å²) in [4.78, 5) is 78.7. The Balaban J connectivity index is 1.29. The van der Waals surface area contributed by atoms with Crippen molar-refractivity contribution in [3.05, 3.63) is 107 Å². The molecule has 1 saturated carbocycles. The van der Waals surface area contributed by atoms with Gasteiger partial charge in [-0.2, -0.15) is 4.73 Å². The maximum atomic E-state index is 14.1. The standard InChI is InChI=1S/C56H67N7O17/c1-31-22-32(2)24-35(23-31)46-44-34(17-19-59-44)27-63(46)80-49-53(77-39-15-16-40-42(25-39)76-29-41(47(40)70)33-11-13-38(68)14-12-33)78-48(55(74,30-67)56(49,75)43(69)10-6-20-64)50(79-52(73)45(51(71)72)58-18-7-21-65)62-54(57)61-37(28-66)26-60-36-8-4-3-5-9-36/h11-17,19,21-25,27-29,36-37,43,45,48-50,53,58-60,64,67-69,74-75H,3-10,18,20,26,30H2,1-2H3,(H,71,72)(H3,57,61,62). The molecule has 3 aromatic carbocycles. The zero-order valence-corrected chi connectivity index (χ0v) is 44.0. The number of guanidine groups is 1. The number of nitrogens with two attached hydrogens (primary N) is 1. The molecule has 1 aliphatic carbocycles. The van der Waals surface area contributed by atoms with Crippen LogP contribution < -0.4 is 36.7 Å². The summed E-state index contributed by atoms with van der Waals surface area (Å²) >= 11 is 0. The van der Waals surface area contributed by atoms with Gasteiger partial charge in [0, 0.05) is 55.4 Å². The van der Waals surface area contributed by atoms with Crippen molar-refractivity contribution in [3.8, 4) is 33.9 Å². The number of benzene rings is 3. The van der Waals surface area contributed by atoms with Crippen LogP contribution in [0.1, 0.15) is 62.5 Å². The number of aldehydes is 2. The molecule has 0 radical (unpaired) electrons. The van der Waals surface area contributed by atoms with Crippen LogP contribution in [0.2, 0.25) is 0 Å². The number of aryl methyl sites for hydroxylation is 2. The molecule has 0 spiro atoms. The number of hydrogen-bond acceptors (Lipinski definition) is 19. The summed E-state index contributed by atoms with van der Waals surface area (Å²) in [5.74, 6) is -4.21. The van der Waals surface area contributed by atoms with E-state index in [0.717, 1.165) is 43.2 Å². The molecule has 9 unspecified atom stereocenters. The maximum Gasteiger partial charge on any atom is 0.336 e. The molecule has 428 valence electrons. The van der Waals surface area contributed by atoms with Crippen LogP contribution in [0.25, 0.3) is 44.3 Å². The number of fused-ring (bicyclic) bond motifs is 2. The molecule has 0 bridgehead atoms. The van der Waals surface area contributed by atoms with Crippen molar-refractivity contribution in [3.63, 3.8) is 0 Å². The van der Waals surface area contributed by atoms with E-state index in [4.69, 9.17) is 29.2 Å². The summed E-state index contributed by atoms with van der Waals surface area (Å²) < 4.78 is 26.1. The first-order valence-corrected chi connectivity index (χ1v) is 26.3. The van der Waals surface area contributed by atoms with Crippen LogP contribution in [0.4, 0.5) is 0 Å². The third-order valence-electron chi connectivity index (χ3n) is 14.5. The minimum atomic E-state index is -3.33. The molecule has 6 aromatic rings. The number of aromatic hydroxyl groups is 1. The number of carbonyl (C=O) groups is 4. The summed E-state index contributed by atoms with van der Waals surface area (Å²) in [6.07, 6.45) is -2.17. The summed E-state index contributed by atoms with van der Waals surface area (Å²) in [5, 5.41) is 90.3. The number of esters is 1. The van der Waals surface area contributed by atoms with Crippen molar-refractivity contribution in [2.75, 3.05) is 26.3 Å². The van der Waals surface area contributed by atoms with Crippen molar-refractivity contribution in [1.29, 1.82) is 0 Å². The number of carboxylic acids is 1. The molecular formula is C56H67N7O17. The van der Waals surface area contributed by atoms with Gasteiger partial charge in [0.1, 0.15) is 41.6 Å². The number of phenolic OH excluding ortho intramolecular Hbond substituents is 1. The van der Waals surface area contributed by atoms with E-state index >= 15 is 0 Å². The number of H-pyrrole nitrogens is 1. The van der Waals surface area contributed by atoms with Gasteiger partial charge < -0.3 is 90.2 Å². The minimum Gasteiger partial charge on any atom is -0.508 e. The monoisotopic (exact) mass is 1110 g/mol. The summed E-state index contributed by atoms with van der Waals surface area (Å²) in [7, 11) is 0. The second-order valence-electron chi connectivity index (χ2n) is 20.2. The lowest BCUT2D eigenvalue weighted by Gasteiger charge is -2.57. The van der Waals surface area contributed by atoms with Gasteiger partial charge in [-0.1, -0.05) is 48.6 Å². The third kappa shape index (κ3) is 12.5. The molecule has 2 fully saturated rings. The summed E-state index contributed by atoms with van der Waals surface area (Å²) in [6.45, 7) is 1.39. The number of aliphatic hydroxyl groups is 5. The average Bonchev–Trinajstić information content (AvgIpc) is 4.00. The highest BCUT2D eigenvalue weighted by Crippen LogP contribution is 2.46. The van der Waals surface area contributed by atoms with Gasteiger partial charge in [-0.15, -0.1) is 0 Å². The van der Waals surface area contributed by atoms with Crippen LogP contribution >= 0.6 is 0 Å². The maximum absolute atomic E-state index is 14.1. The van der Waals surface area contributed by atoms with E-state index < -0.39 is 97.1 Å². The van der Waals surface area contributed by atoms with E-state index in [-0.39, 0.29) is 60.0 Å². The van der Waals surface area contributed by atoms with Crippen molar-refractivity contribution in [2.45, 2.75) is 125 Å². The second-order valence-corrected chi connectivity index (χ2v) is 20.2. The van der Waals surface area contributed by atoms with E-state index in [0.29, 0.717) is 40.3 Å². The number of rotatable bonds is 25. The Labute approximate surface area is 458 Å². The van der Waals surface area contributed by atoms with Crippen LogP contribution in [-0.2, 0) is 28.7 Å². The molecule has 1 aliphatic heterocycles. The van der Waals surface area contributed by atoms with Crippen molar-refractivity contribution in [1.82, 2.24) is 25.7 Å². The molecule has 24 heteroatoms.